The van der Waals surface area contributed by atoms with Crippen LogP contribution in [-0.2, 0) is 6.54 Å². The van der Waals surface area contributed by atoms with Crippen LogP contribution in [0.15, 0.2) is 12.4 Å². The van der Waals surface area contributed by atoms with Gasteiger partial charge in [0.1, 0.15) is 5.82 Å². The van der Waals surface area contributed by atoms with Crippen LogP contribution in [0.4, 0.5) is 0 Å². The minimum atomic E-state index is 0.412. The largest absolute Gasteiger partial charge is 0.300 e. The first-order chi connectivity index (χ1) is 10.2. The molecule has 0 spiro atoms. The zero-order valence-electron chi connectivity index (χ0n) is 13.5. The highest BCUT2D eigenvalue weighted by molar-refractivity contribution is 5.07. The van der Waals surface area contributed by atoms with Gasteiger partial charge in [0.25, 0.3) is 0 Å². The van der Waals surface area contributed by atoms with Gasteiger partial charge in [-0.25, -0.2) is 9.97 Å². The smallest absolute Gasteiger partial charge is 0.130 e. The van der Waals surface area contributed by atoms with Crippen LogP contribution in [0, 0.1) is 0 Å². The Labute approximate surface area is 128 Å². The molecule has 21 heavy (non-hydrogen) atoms. The molecule has 1 aromatic rings. The van der Waals surface area contributed by atoms with Gasteiger partial charge < -0.3 is 4.90 Å². The van der Waals surface area contributed by atoms with E-state index in [0.717, 1.165) is 18.4 Å². The van der Waals surface area contributed by atoms with Gasteiger partial charge in [-0.15, -0.1) is 0 Å². The van der Waals surface area contributed by atoms with E-state index >= 15 is 0 Å². The van der Waals surface area contributed by atoms with E-state index in [0.29, 0.717) is 5.92 Å². The summed E-state index contributed by atoms with van der Waals surface area (Å²) < 4.78 is 0. The van der Waals surface area contributed by atoms with Crippen molar-refractivity contribution in [3.63, 3.8) is 0 Å². The Bertz CT molecular complexity index is 429. The summed E-state index contributed by atoms with van der Waals surface area (Å²) in [7, 11) is 0. The maximum absolute atomic E-state index is 4.48. The topological polar surface area (TPSA) is 32.3 Å². The normalized spacial score (nSPS) is 22.2. The Morgan fingerprint density at radius 3 is 2.24 bits per heavy atom. The van der Waals surface area contributed by atoms with Gasteiger partial charge in [0.2, 0.25) is 0 Å². The van der Waals surface area contributed by atoms with E-state index < -0.39 is 0 Å². The van der Waals surface area contributed by atoms with Crippen LogP contribution < -0.4 is 0 Å². The zero-order chi connectivity index (χ0) is 14.7. The van der Waals surface area contributed by atoms with E-state index in [1.807, 2.05) is 12.4 Å². The lowest BCUT2D eigenvalue weighted by Gasteiger charge is -2.36. The molecule has 1 aromatic heterocycles. The predicted molar refractivity (Wildman–Crippen MR) is 85.2 cm³/mol. The number of hydrogen-bond donors (Lipinski definition) is 0. The monoisotopic (exact) mass is 288 g/mol. The maximum atomic E-state index is 4.48. The zero-order valence-corrected chi connectivity index (χ0v) is 13.5. The Hall–Kier alpha value is -1.00. The summed E-state index contributed by atoms with van der Waals surface area (Å²) in [5, 5.41) is 0. The van der Waals surface area contributed by atoms with Gasteiger partial charge in [-0.3, -0.25) is 4.90 Å². The Balaban J connectivity index is 1.48. The fourth-order valence-electron chi connectivity index (χ4n) is 3.55. The Kier molecular flexibility index (Phi) is 4.86. The summed E-state index contributed by atoms with van der Waals surface area (Å²) >= 11 is 0. The van der Waals surface area contributed by atoms with Crippen LogP contribution in [0.1, 0.15) is 56.8 Å². The second kappa shape index (κ2) is 6.84. The summed E-state index contributed by atoms with van der Waals surface area (Å²) in [4.78, 5) is 14.2. The van der Waals surface area contributed by atoms with E-state index in [2.05, 4.69) is 33.6 Å². The highest BCUT2D eigenvalue weighted by atomic mass is 15.2. The van der Waals surface area contributed by atoms with Crippen LogP contribution in [0.3, 0.4) is 0 Å². The van der Waals surface area contributed by atoms with E-state index in [4.69, 9.17) is 0 Å². The average Bonchev–Trinajstić information content (AvgIpc) is 3.03. The van der Waals surface area contributed by atoms with Crippen LogP contribution >= 0.6 is 0 Å². The van der Waals surface area contributed by atoms with Crippen molar-refractivity contribution in [1.82, 2.24) is 19.8 Å². The third-order valence-electron chi connectivity index (χ3n) is 4.86. The molecule has 3 heterocycles. The molecule has 2 saturated heterocycles. The lowest BCUT2D eigenvalue weighted by Crippen LogP contribution is -2.43. The fraction of sp³-hybridized carbons (Fsp3) is 0.765. The Morgan fingerprint density at radius 1 is 1.05 bits per heavy atom. The number of nitrogens with zero attached hydrogens (tertiary/aromatic N) is 4. The molecule has 4 heteroatoms. The SMILES string of the molecule is CC(C)c1ncc(CN2CCC(N3CCCC3)CC2)cn1. The van der Waals surface area contributed by atoms with Gasteiger partial charge in [-0.05, 0) is 51.9 Å². The van der Waals surface area contributed by atoms with Crippen LogP contribution in [0.5, 0.6) is 0 Å². The molecule has 0 aromatic carbocycles. The number of aromatic nitrogens is 2. The summed E-state index contributed by atoms with van der Waals surface area (Å²) in [5.41, 5.74) is 1.25. The first-order valence-electron chi connectivity index (χ1n) is 8.49. The second-order valence-electron chi connectivity index (χ2n) is 6.85. The third kappa shape index (κ3) is 3.80. The van der Waals surface area contributed by atoms with Crippen molar-refractivity contribution in [2.45, 2.75) is 58.0 Å². The van der Waals surface area contributed by atoms with Crippen LogP contribution in [0.2, 0.25) is 0 Å². The predicted octanol–water partition coefficient (Wildman–Crippen LogP) is 2.66. The Morgan fingerprint density at radius 2 is 1.67 bits per heavy atom. The molecule has 2 aliphatic heterocycles. The highest BCUT2D eigenvalue weighted by Gasteiger charge is 2.26. The molecule has 0 atom stereocenters. The van der Waals surface area contributed by atoms with Crippen molar-refractivity contribution < 1.29 is 0 Å². The van der Waals surface area contributed by atoms with Gasteiger partial charge in [0, 0.05) is 36.5 Å². The van der Waals surface area contributed by atoms with Gasteiger partial charge in [-0.2, -0.15) is 0 Å². The molecular formula is C17H28N4. The first kappa shape index (κ1) is 14.9. The molecule has 0 saturated carbocycles. The number of rotatable bonds is 4. The van der Waals surface area contributed by atoms with E-state index in [-0.39, 0.29) is 0 Å². The molecule has 3 rings (SSSR count). The first-order valence-corrected chi connectivity index (χ1v) is 8.49. The van der Waals surface area contributed by atoms with Crippen LogP contribution in [-0.4, -0.2) is 52.0 Å². The molecule has 0 unspecified atom stereocenters. The molecule has 4 nitrogen and oxygen atoms in total. The maximum Gasteiger partial charge on any atom is 0.130 e. The van der Waals surface area contributed by atoms with E-state index in [1.165, 1.54) is 57.4 Å². The molecule has 0 amide bonds. The third-order valence-corrected chi connectivity index (χ3v) is 4.86. The quantitative estimate of drug-likeness (QED) is 0.852. The fourth-order valence-corrected chi connectivity index (χ4v) is 3.55. The van der Waals surface area contributed by atoms with Crippen LogP contribution in [0.25, 0.3) is 0 Å². The standard InChI is InChI=1S/C17H28N4/c1-14(2)17-18-11-15(12-19-17)13-20-9-5-16(6-10-20)21-7-3-4-8-21/h11-12,14,16H,3-10,13H2,1-2H3. The van der Waals surface area contributed by atoms with Gasteiger partial charge in [0.05, 0.1) is 0 Å². The van der Waals surface area contributed by atoms with Crippen molar-refractivity contribution >= 4 is 0 Å². The van der Waals surface area contributed by atoms with Gasteiger partial charge in [-0.1, -0.05) is 13.8 Å². The molecule has 0 radical (unpaired) electrons. The minimum Gasteiger partial charge on any atom is -0.300 e. The number of piperidine rings is 1. The van der Waals surface area contributed by atoms with Gasteiger partial charge >= 0.3 is 0 Å². The molecular weight excluding hydrogens is 260 g/mol. The van der Waals surface area contributed by atoms with Crippen molar-refractivity contribution in [2.75, 3.05) is 26.2 Å². The average molecular weight is 288 g/mol. The lowest BCUT2D eigenvalue weighted by molar-refractivity contribution is 0.122. The van der Waals surface area contributed by atoms with Crippen molar-refractivity contribution in [1.29, 1.82) is 0 Å². The van der Waals surface area contributed by atoms with E-state index in [9.17, 15) is 0 Å². The summed E-state index contributed by atoms with van der Waals surface area (Å²) in [6, 6.07) is 0.836. The molecule has 2 aliphatic rings. The molecule has 0 bridgehead atoms. The second-order valence-corrected chi connectivity index (χ2v) is 6.85. The lowest BCUT2D eigenvalue weighted by atomic mass is 10.0. The highest BCUT2D eigenvalue weighted by Crippen LogP contribution is 2.22. The molecule has 2 fully saturated rings. The minimum absolute atomic E-state index is 0.412. The number of likely N-dealkylation sites (tertiary alicyclic amines) is 2. The number of hydrogen-bond acceptors (Lipinski definition) is 4. The molecule has 0 aliphatic carbocycles. The summed E-state index contributed by atoms with van der Waals surface area (Å²) in [6.07, 6.45) is 9.47. The van der Waals surface area contributed by atoms with Crippen molar-refractivity contribution in [3.05, 3.63) is 23.8 Å². The molecule has 0 N–H and O–H groups in total. The van der Waals surface area contributed by atoms with Crippen molar-refractivity contribution in [3.8, 4) is 0 Å². The summed E-state index contributed by atoms with van der Waals surface area (Å²) in [5.74, 6) is 1.36. The van der Waals surface area contributed by atoms with Gasteiger partial charge in [0.15, 0.2) is 0 Å². The summed E-state index contributed by atoms with van der Waals surface area (Å²) in [6.45, 7) is 10.4. The van der Waals surface area contributed by atoms with Crippen molar-refractivity contribution in [2.24, 2.45) is 0 Å². The molecule has 116 valence electrons. The van der Waals surface area contributed by atoms with E-state index in [1.54, 1.807) is 0 Å².